The first kappa shape index (κ1) is 12.2. The summed E-state index contributed by atoms with van der Waals surface area (Å²) >= 11 is 0. The highest BCUT2D eigenvalue weighted by molar-refractivity contribution is 5.90. The Morgan fingerprint density at radius 1 is 1.21 bits per heavy atom. The van der Waals surface area contributed by atoms with Crippen LogP contribution in [0.2, 0.25) is 0 Å². The van der Waals surface area contributed by atoms with E-state index in [1.165, 1.54) is 6.42 Å². The van der Waals surface area contributed by atoms with Gasteiger partial charge in [0.1, 0.15) is 5.82 Å². The number of aromatic nitrogens is 2. The molecule has 1 aliphatic heterocycles. The van der Waals surface area contributed by atoms with Gasteiger partial charge in [-0.25, -0.2) is 4.98 Å². The molecule has 0 unspecified atom stereocenters. The van der Waals surface area contributed by atoms with Crippen LogP contribution in [0.4, 0.5) is 11.8 Å². The van der Waals surface area contributed by atoms with Crippen molar-refractivity contribution in [3.05, 3.63) is 24.3 Å². The van der Waals surface area contributed by atoms with E-state index in [-0.39, 0.29) is 0 Å². The normalized spacial score (nSPS) is 17.9. The van der Waals surface area contributed by atoms with Gasteiger partial charge in [0.25, 0.3) is 0 Å². The predicted octanol–water partition coefficient (Wildman–Crippen LogP) is 2.91. The number of nitrogens with one attached hydrogen (secondary N) is 1. The van der Waals surface area contributed by atoms with Crippen molar-refractivity contribution in [1.29, 1.82) is 0 Å². The van der Waals surface area contributed by atoms with Crippen LogP contribution in [0.15, 0.2) is 24.3 Å². The molecule has 1 aromatic carbocycles. The van der Waals surface area contributed by atoms with E-state index in [0.29, 0.717) is 11.4 Å². The highest BCUT2D eigenvalue weighted by Gasteiger charge is 2.31. The number of fused-ring (bicyclic) bond motifs is 1. The summed E-state index contributed by atoms with van der Waals surface area (Å²) in [5.41, 5.74) is 1.37. The summed E-state index contributed by atoms with van der Waals surface area (Å²) in [4.78, 5) is 11.6. The SMILES string of the molecule is CNc1nc(N2CCC(C)(C)C2)c2ccccc2n1. The first-order chi connectivity index (χ1) is 9.09. The molecule has 0 spiro atoms. The lowest BCUT2D eigenvalue weighted by molar-refractivity contribution is 0.418. The zero-order valence-corrected chi connectivity index (χ0v) is 11.8. The highest BCUT2D eigenvalue weighted by atomic mass is 15.2. The molecule has 0 amide bonds. The van der Waals surface area contributed by atoms with Crippen molar-refractivity contribution in [1.82, 2.24) is 9.97 Å². The summed E-state index contributed by atoms with van der Waals surface area (Å²) in [5.74, 6) is 1.75. The van der Waals surface area contributed by atoms with E-state index in [1.807, 2.05) is 19.2 Å². The molecule has 3 rings (SSSR count). The molecule has 0 aliphatic carbocycles. The van der Waals surface area contributed by atoms with Gasteiger partial charge >= 0.3 is 0 Å². The Morgan fingerprint density at radius 2 is 2.00 bits per heavy atom. The van der Waals surface area contributed by atoms with Crippen LogP contribution in [-0.4, -0.2) is 30.1 Å². The van der Waals surface area contributed by atoms with Gasteiger partial charge in [-0.2, -0.15) is 4.98 Å². The largest absolute Gasteiger partial charge is 0.357 e. The summed E-state index contributed by atoms with van der Waals surface area (Å²) in [5, 5.41) is 4.19. The van der Waals surface area contributed by atoms with Crippen molar-refractivity contribution in [2.75, 3.05) is 30.4 Å². The summed E-state index contributed by atoms with van der Waals surface area (Å²) < 4.78 is 0. The molecule has 0 saturated carbocycles. The van der Waals surface area contributed by atoms with Crippen molar-refractivity contribution in [3.63, 3.8) is 0 Å². The van der Waals surface area contributed by atoms with Crippen LogP contribution in [-0.2, 0) is 0 Å². The molecule has 1 aromatic heterocycles. The number of hydrogen-bond donors (Lipinski definition) is 1. The average Bonchev–Trinajstić information content (AvgIpc) is 2.77. The number of rotatable bonds is 2. The molecule has 0 radical (unpaired) electrons. The second-order valence-electron chi connectivity index (χ2n) is 5.97. The van der Waals surface area contributed by atoms with Crippen LogP contribution in [0.3, 0.4) is 0 Å². The van der Waals surface area contributed by atoms with E-state index in [1.54, 1.807) is 0 Å². The summed E-state index contributed by atoms with van der Waals surface area (Å²) in [6, 6.07) is 8.22. The number of benzene rings is 1. The molecular formula is C15H20N4. The Kier molecular flexibility index (Phi) is 2.81. The van der Waals surface area contributed by atoms with Crippen molar-refractivity contribution >= 4 is 22.7 Å². The minimum absolute atomic E-state index is 0.367. The molecule has 1 fully saturated rings. The molecule has 1 N–H and O–H groups in total. The maximum Gasteiger partial charge on any atom is 0.224 e. The quantitative estimate of drug-likeness (QED) is 0.897. The van der Waals surface area contributed by atoms with E-state index in [9.17, 15) is 0 Å². The van der Waals surface area contributed by atoms with E-state index in [0.717, 1.165) is 29.8 Å². The van der Waals surface area contributed by atoms with Crippen LogP contribution in [0.1, 0.15) is 20.3 Å². The van der Waals surface area contributed by atoms with Crippen molar-refractivity contribution < 1.29 is 0 Å². The van der Waals surface area contributed by atoms with Crippen LogP contribution in [0, 0.1) is 5.41 Å². The van der Waals surface area contributed by atoms with Crippen LogP contribution in [0.5, 0.6) is 0 Å². The highest BCUT2D eigenvalue weighted by Crippen LogP contribution is 2.34. The van der Waals surface area contributed by atoms with Gasteiger partial charge in [0.15, 0.2) is 0 Å². The van der Waals surface area contributed by atoms with E-state index in [4.69, 9.17) is 0 Å². The zero-order valence-electron chi connectivity index (χ0n) is 11.8. The van der Waals surface area contributed by atoms with E-state index >= 15 is 0 Å². The molecule has 1 saturated heterocycles. The molecule has 19 heavy (non-hydrogen) atoms. The summed E-state index contributed by atoms with van der Waals surface area (Å²) in [6.45, 7) is 6.75. The average molecular weight is 256 g/mol. The zero-order chi connectivity index (χ0) is 13.5. The summed E-state index contributed by atoms with van der Waals surface area (Å²) in [6.07, 6.45) is 1.21. The minimum Gasteiger partial charge on any atom is -0.357 e. The fraction of sp³-hybridized carbons (Fsp3) is 0.467. The Bertz CT molecular complexity index is 606. The minimum atomic E-state index is 0.367. The van der Waals surface area contributed by atoms with Gasteiger partial charge in [-0.3, -0.25) is 0 Å². The summed E-state index contributed by atoms with van der Waals surface area (Å²) in [7, 11) is 1.86. The third-order valence-corrected chi connectivity index (χ3v) is 3.78. The van der Waals surface area contributed by atoms with Gasteiger partial charge in [-0.1, -0.05) is 26.0 Å². The number of para-hydroxylation sites is 1. The molecule has 2 heterocycles. The van der Waals surface area contributed by atoms with Gasteiger partial charge in [0, 0.05) is 25.5 Å². The van der Waals surface area contributed by atoms with Crippen LogP contribution in [0.25, 0.3) is 10.9 Å². The van der Waals surface area contributed by atoms with Crippen LogP contribution < -0.4 is 10.2 Å². The van der Waals surface area contributed by atoms with Crippen molar-refractivity contribution in [2.24, 2.45) is 5.41 Å². The first-order valence-electron chi connectivity index (χ1n) is 6.78. The lowest BCUT2D eigenvalue weighted by atomic mass is 9.93. The first-order valence-corrected chi connectivity index (χ1v) is 6.78. The Morgan fingerprint density at radius 3 is 2.68 bits per heavy atom. The molecule has 0 atom stereocenters. The fourth-order valence-electron chi connectivity index (χ4n) is 2.71. The second kappa shape index (κ2) is 4.37. The monoisotopic (exact) mass is 256 g/mol. The molecule has 100 valence electrons. The lowest BCUT2D eigenvalue weighted by Gasteiger charge is -2.22. The van der Waals surface area contributed by atoms with Gasteiger partial charge in [-0.15, -0.1) is 0 Å². The topological polar surface area (TPSA) is 41.1 Å². The standard InChI is InChI=1S/C15H20N4/c1-15(2)8-9-19(10-15)13-11-6-4-5-7-12(11)17-14(16-3)18-13/h4-7H,8-10H2,1-3H3,(H,16,17,18). The van der Waals surface area contributed by atoms with E-state index in [2.05, 4.69) is 46.2 Å². The Balaban J connectivity index is 2.11. The third-order valence-electron chi connectivity index (χ3n) is 3.78. The predicted molar refractivity (Wildman–Crippen MR) is 79.7 cm³/mol. The second-order valence-corrected chi connectivity index (χ2v) is 5.97. The molecule has 4 nitrogen and oxygen atoms in total. The smallest absolute Gasteiger partial charge is 0.224 e. The van der Waals surface area contributed by atoms with E-state index < -0.39 is 0 Å². The fourth-order valence-corrected chi connectivity index (χ4v) is 2.71. The van der Waals surface area contributed by atoms with Gasteiger partial charge in [-0.05, 0) is 24.0 Å². The lowest BCUT2D eigenvalue weighted by Crippen LogP contribution is -2.24. The Hall–Kier alpha value is -1.84. The van der Waals surface area contributed by atoms with Crippen molar-refractivity contribution in [2.45, 2.75) is 20.3 Å². The molecule has 4 heteroatoms. The van der Waals surface area contributed by atoms with Crippen molar-refractivity contribution in [3.8, 4) is 0 Å². The molecular weight excluding hydrogens is 236 g/mol. The Labute approximate surface area is 113 Å². The molecule has 2 aromatic rings. The van der Waals surface area contributed by atoms with Crippen LogP contribution >= 0.6 is 0 Å². The number of anilines is 2. The van der Waals surface area contributed by atoms with Gasteiger partial charge in [0.05, 0.1) is 5.52 Å². The maximum absolute atomic E-state index is 4.67. The van der Waals surface area contributed by atoms with Gasteiger partial charge < -0.3 is 10.2 Å². The third kappa shape index (κ3) is 2.23. The molecule has 1 aliphatic rings. The number of hydrogen-bond acceptors (Lipinski definition) is 4. The number of nitrogens with zero attached hydrogens (tertiary/aromatic N) is 3. The molecule has 0 bridgehead atoms. The maximum atomic E-state index is 4.67. The van der Waals surface area contributed by atoms with Gasteiger partial charge in [0.2, 0.25) is 5.95 Å².